The summed E-state index contributed by atoms with van der Waals surface area (Å²) in [5.41, 5.74) is 2.99. The highest BCUT2D eigenvalue weighted by atomic mass is 32.1. The molecule has 0 atom stereocenters. The number of rotatable bonds is 7. The molecule has 0 aliphatic carbocycles. The van der Waals surface area contributed by atoms with Gasteiger partial charge in [-0.1, -0.05) is 12.1 Å². The Morgan fingerprint density at radius 3 is 2.81 bits per heavy atom. The fraction of sp³-hybridized carbons (Fsp3) is 0.333. The first-order valence-electron chi connectivity index (χ1n) is 10.6. The van der Waals surface area contributed by atoms with Gasteiger partial charge in [0.25, 0.3) is 0 Å². The molecule has 1 aromatic heterocycles. The minimum absolute atomic E-state index is 0.128. The van der Waals surface area contributed by atoms with E-state index in [1.807, 2.05) is 36.6 Å². The molecule has 2 heterocycles. The Morgan fingerprint density at radius 1 is 1.19 bits per heavy atom. The van der Waals surface area contributed by atoms with Gasteiger partial charge < -0.3 is 15.0 Å². The molecule has 7 heteroatoms. The zero-order valence-electron chi connectivity index (χ0n) is 17.6. The number of carbonyl (C=O) groups excluding carboxylic acids is 1. The lowest BCUT2D eigenvalue weighted by Gasteiger charge is -2.30. The average Bonchev–Trinajstić information content (AvgIpc) is 3.23. The van der Waals surface area contributed by atoms with Crippen molar-refractivity contribution in [2.75, 3.05) is 29.9 Å². The van der Waals surface area contributed by atoms with E-state index in [1.165, 1.54) is 29.9 Å². The second kappa shape index (κ2) is 9.92. The molecule has 0 bridgehead atoms. The summed E-state index contributed by atoms with van der Waals surface area (Å²) in [6.07, 6.45) is 3.55. The Bertz CT molecular complexity index is 1050. The molecule has 0 saturated carbocycles. The second-order valence-electron chi connectivity index (χ2n) is 7.51. The van der Waals surface area contributed by atoms with Crippen molar-refractivity contribution >= 4 is 28.6 Å². The first-order chi connectivity index (χ1) is 15.1. The highest BCUT2D eigenvalue weighted by Gasteiger charge is 2.18. The third kappa shape index (κ3) is 5.22. The van der Waals surface area contributed by atoms with Crippen molar-refractivity contribution in [1.29, 1.82) is 0 Å². The third-order valence-corrected chi connectivity index (χ3v) is 6.16. The molecule has 2 aromatic carbocycles. The van der Waals surface area contributed by atoms with Crippen LogP contribution in [0.15, 0.2) is 47.8 Å². The Balaban J connectivity index is 1.48. The molecule has 1 N–H and O–H groups in total. The Hall–Kier alpha value is -2.93. The number of halogens is 1. The largest absolute Gasteiger partial charge is 0.493 e. The number of benzene rings is 2. The minimum atomic E-state index is -0.362. The molecule has 31 heavy (non-hydrogen) atoms. The number of nitrogens with zero attached hydrogens (tertiary/aromatic N) is 2. The molecule has 1 saturated heterocycles. The molecule has 1 aliphatic heterocycles. The maximum atomic E-state index is 13.9. The van der Waals surface area contributed by atoms with Crippen LogP contribution >= 0.6 is 11.3 Å². The first kappa shape index (κ1) is 21.3. The van der Waals surface area contributed by atoms with E-state index >= 15 is 0 Å². The summed E-state index contributed by atoms with van der Waals surface area (Å²) in [6, 6.07) is 12.3. The molecule has 0 unspecified atom stereocenters. The van der Waals surface area contributed by atoms with Gasteiger partial charge >= 0.3 is 0 Å². The van der Waals surface area contributed by atoms with Gasteiger partial charge in [0.2, 0.25) is 5.91 Å². The van der Waals surface area contributed by atoms with E-state index < -0.39 is 0 Å². The fourth-order valence-electron chi connectivity index (χ4n) is 3.81. The Morgan fingerprint density at radius 2 is 2.00 bits per heavy atom. The molecule has 1 amide bonds. The molecule has 1 fully saturated rings. The summed E-state index contributed by atoms with van der Waals surface area (Å²) in [7, 11) is 0. The van der Waals surface area contributed by atoms with Crippen molar-refractivity contribution in [3.05, 3.63) is 59.4 Å². The van der Waals surface area contributed by atoms with Crippen LogP contribution in [-0.4, -0.2) is 30.6 Å². The number of amides is 1. The smallest absolute Gasteiger partial charge is 0.230 e. The fourth-order valence-corrected chi connectivity index (χ4v) is 4.66. The van der Waals surface area contributed by atoms with Crippen LogP contribution in [0, 0.1) is 5.82 Å². The number of thiazole rings is 1. The van der Waals surface area contributed by atoms with E-state index in [-0.39, 0.29) is 18.1 Å². The average molecular weight is 440 g/mol. The van der Waals surface area contributed by atoms with Crippen LogP contribution in [0.25, 0.3) is 10.6 Å². The molecule has 162 valence electrons. The topological polar surface area (TPSA) is 54.5 Å². The summed E-state index contributed by atoms with van der Waals surface area (Å²) >= 11 is 1.48. The molecule has 0 radical (unpaired) electrons. The van der Waals surface area contributed by atoms with Crippen LogP contribution in [0.1, 0.15) is 31.9 Å². The van der Waals surface area contributed by atoms with Crippen molar-refractivity contribution in [3.8, 4) is 16.3 Å². The van der Waals surface area contributed by atoms with Gasteiger partial charge in [-0.25, -0.2) is 9.37 Å². The van der Waals surface area contributed by atoms with Crippen molar-refractivity contribution in [2.45, 2.75) is 32.6 Å². The lowest BCUT2D eigenvalue weighted by atomic mass is 10.1. The summed E-state index contributed by atoms with van der Waals surface area (Å²) in [5, 5.41) is 5.59. The molecule has 5 nitrogen and oxygen atoms in total. The van der Waals surface area contributed by atoms with E-state index in [1.54, 1.807) is 6.07 Å². The molecular weight excluding hydrogens is 413 g/mol. The first-order valence-corrected chi connectivity index (χ1v) is 11.5. The number of piperidine rings is 1. The Kier molecular flexibility index (Phi) is 6.82. The standard InChI is InChI=1S/C24H26FN3O2S/c1-2-30-22-9-5-4-8-19(22)24-26-18(16-31-24)15-23(29)27-20-14-17(25)10-11-21(20)28-12-6-3-7-13-28/h4-5,8-11,14,16H,2-3,6-7,12-13,15H2,1H3,(H,27,29). The number of para-hydroxylation sites is 1. The summed E-state index contributed by atoms with van der Waals surface area (Å²) < 4.78 is 19.6. The maximum absolute atomic E-state index is 13.9. The van der Waals surface area contributed by atoms with Gasteiger partial charge in [-0.3, -0.25) is 4.79 Å². The van der Waals surface area contributed by atoms with E-state index in [9.17, 15) is 9.18 Å². The van der Waals surface area contributed by atoms with Crippen LogP contribution in [0.2, 0.25) is 0 Å². The maximum Gasteiger partial charge on any atom is 0.230 e. The third-order valence-electron chi connectivity index (χ3n) is 5.24. The number of ether oxygens (including phenoxy) is 1. The zero-order chi connectivity index (χ0) is 21.6. The molecule has 4 rings (SSSR count). The molecule has 3 aromatic rings. The summed E-state index contributed by atoms with van der Waals surface area (Å²) in [5.74, 6) is 0.208. The quantitative estimate of drug-likeness (QED) is 0.527. The van der Waals surface area contributed by atoms with Crippen LogP contribution in [0.3, 0.4) is 0 Å². The second-order valence-corrected chi connectivity index (χ2v) is 8.37. The summed E-state index contributed by atoms with van der Waals surface area (Å²) in [4.78, 5) is 19.6. The van der Waals surface area contributed by atoms with Gasteiger partial charge in [0.05, 0.1) is 35.7 Å². The number of carbonyl (C=O) groups is 1. The van der Waals surface area contributed by atoms with Crippen LogP contribution < -0.4 is 15.0 Å². The predicted octanol–water partition coefficient (Wildman–Crippen LogP) is 5.52. The SMILES string of the molecule is CCOc1ccccc1-c1nc(CC(=O)Nc2cc(F)ccc2N2CCCCC2)cs1. The Labute approximate surface area is 185 Å². The summed E-state index contributed by atoms with van der Waals surface area (Å²) in [6.45, 7) is 4.36. The lowest BCUT2D eigenvalue weighted by Crippen LogP contribution is -2.30. The number of nitrogens with one attached hydrogen (secondary N) is 1. The lowest BCUT2D eigenvalue weighted by molar-refractivity contribution is -0.115. The van der Waals surface area contributed by atoms with Gasteiger partial charge in [-0.2, -0.15) is 0 Å². The number of aromatic nitrogens is 1. The van der Waals surface area contributed by atoms with E-state index in [0.717, 1.165) is 47.9 Å². The van der Waals surface area contributed by atoms with Gasteiger partial charge in [0.1, 0.15) is 16.6 Å². The van der Waals surface area contributed by atoms with E-state index in [4.69, 9.17) is 4.74 Å². The van der Waals surface area contributed by atoms with Crippen LogP contribution in [0.5, 0.6) is 5.75 Å². The highest BCUT2D eigenvalue weighted by Crippen LogP contribution is 2.33. The van der Waals surface area contributed by atoms with Crippen molar-refractivity contribution in [2.24, 2.45) is 0 Å². The molecule has 0 spiro atoms. The number of anilines is 2. The predicted molar refractivity (Wildman–Crippen MR) is 124 cm³/mol. The number of hydrogen-bond donors (Lipinski definition) is 1. The van der Waals surface area contributed by atoms with Crippen LogP contribution in [-0.2, 0) is 11.2 Å². The highest BCUT2D eigenvalue weighted by molar-refractivity contribution is 7.13. The monoisotopic (exact) mass is 439 g/mol. The minimum Gasteiger partial charge on any atom is -0.493 e. The van der Waals surface area contributed by atoms with Gasteiger partial charge in [-0.15, -0.1) is 11.3 Å². The van der Waals surface area contributed by atoms with Gasteiger partial charge in [0, 0.05) is 18.5 Å². The molecule has 1 aliphatic rings. The number of hydrogen-bond acceptors (Lipinski definition) is 5. The van der Waals surface area contributed by atoms with E-state index in [2.05, 4.69) is 15.2 Å². The van der Waals surface area contributed by atoms with Crippen molar-refractivity contribution in [3.63, 3.8) is 0 Å². The van der Waals surface area contributed by atoms with Gasteiger partial charge in [0.15, 0.2) is 0 Å². The van der Waals surface area contributed by atoms with Crippen molar-refractivity contribution in [1.82, 2.24) is 4.98 Å². The normalized spacial score (nSPS) is 13.8. The van der Waals surface area contributed by atoms with E-state index in [0.29, 0.717) is 18.0 Å². The zero-order valence-corrected chi connectivity index (χ0v) is 18.4. The van der Waals surface area contributed by atoms with Gasteiger partial charge in [-0.05, 0) is 56.5 Å². The molecular formula is C24H26FN3O2S. The van der Waals surface area contributed by atoms with Crippen LogP contribution in [0.4, 0.5) is 15.8 Å². The van der Waals surface area contributed by atoms with Crippen molar-refractivity contribution < 1.29 is 13.9 Å².